The van der Waals surface area contributed by atoms with Gasteiger partial charge in [-0.05, 0) is 36.8 Å². The molecule has 0 atom stereocenters. The van der Waals surface area contributed by atoms with Crippen molar-refractivity contribution in [3.8, 4) is 17.2 Å². The number of hydrogen-bond donors (Lipinski definition) is 2. The van der Waals surface area contributed by atoms with E-state index in [0.29, 0.717) is 24.7 Å². The number of aryl methyl sites for hydroxylation is 1. The molecule has 2 aromatic rings. The largest absolute Gasteiger partial charge is 0.507 e. The molecule has 0 aliphatic carbocycles. The van der Waals surface area contributed by atoms with Gasteiger partial charge in [0.1, 0.15) is 12.4 Å². The van der Waals surface area contributed by atoms with Crippen LogP contribution >= 0.6 is 0 Å². The zero-order valence-corrected chi connectivity index (χ0v) is 12.6. The predicted octanol–water partition coefficient (Wildman–Crippen LogP) is 2.52. The molecule has 0 unspecified atom stereocenters. The Hall–Kier alpha value is -2.69. The number of aromatic hydroxyl groups is 1. The first-order valence-electron chi connectivity index (χ1n) is 6.95. The Labute approximate surface area is 129 Å². The van der Waals surface area contributed by atoms with Crippen molar-refractivity contribution >= 4 is 5.91 Å². The number of ether oxygens (including phenoxy) is 2. The molecule has 1 amide bonds. The maximum Gasteiger partial charge on any atom is 0.255 e. The smallest absolute Gasteiger partial charge is 0.255 e. The van der Waals surface area contributed by atoms with Crippen molar-refractivity contribution in [3.63, 3.8) is 0 Å². The Balaban J connectivity index is 1.85. The van der Waals surface area contributed by atoms with Crippen molar-refractivity contribution in [2.45, 2.75) is 6.92 Å². The molecule has 0 radical (unpaired) electrons. The normalized spacial score (nSPS) is 10.1. The van der Waals surface area contributed by atoms with Gasteiger partial charge in [0.05, 0.1) is 19.2 Å². The fourth-order valence-corrected chi connectivity index (χ4v) is 1.99. The third kappa shape index (κ3) is 3.91. The van der Waals surface area contributed by atoms with Crippen molar-refractivity contribution in [1.82, 2.24) is 5.32 Å². The first-order valence-corrected chi connectivity index (χ1v) is 6.95. The number of hydrogen-bond acceptors (Lipinski definition) is 4. The number of para-hydroxylation sites is 2. The first kappa shape index (κ1) is 15.7. The van der Waals surface area contributed by atoms with Crippen LogP contribution in [0.1, 0.15) is 15.9 Å². The topological polar surface area (TPSA) is 67.8 Å². The van der Waals surface area contributed by atoms with E-state index in [1.807, 2.05) is 19.1 Å². The Morgan fingerprint density at radius 1 is 1.18 bits per heavy atom. The second-order valence-corrected chi connectivity index (χ2v) is 4.78. The minimum Gasteiger partial charge on any atom is -0.507 e. The van der Waals surface area contributed by atoms with Gasteiger partial charge in [0, 0.05) is 0 Å². The molecular weight excluding hydrogens is 282 g/mol. The maximum atomic E-state index is 12.0. The number of rotatable bonds is 6. The van der Waals surface area contributed by atoms with Gasteiger partial charge in [-0.1, -0.05) is 18.2 Å². The van der Waals surface area contributed by atoms with Crippen molar-refractivity contribution in [2.24, 2.45) is 0 Å². The molecule has 0 spiro atoms. The van der Waals surface area contributed by atoms with Gasteiger partial charge in [-0.3, -0.25) is 4.79 Å². The highest BCUT2D eigenvalue weighted by Crippen LogP contribution is 2.25. The van der Waals surface area contributed by atoms with Gasteiger partial charge < -0.3 is 19.9 Å². The molecule has 0 saturated heterocycles. The molecule has 5 nitrogen and oxygen atoms in total. The van der Waals surface area contributed by atoms with Crippen molar-refractivity contribution in [2.75, 3.05) is 20.3 Å². The monoisotopic (exact) mass is 301 g/mol. The van der Waals surface area contributed by atoms with Crippen LogP contribution in [0.5, 0.6) is 17.2 Å². The molecule has 2 rings (SSSR count). The zero-order valence-electron chi connectivity index (χ0n) is 12.6. The van der Waals surface area contributed by atoms with Gasteiger partial charge in [0.15, 0.2) is 11.5 Å². The summed E-state index contributed by atoms with van der Waals surface area (Å²) in [5.74, 6) is 0.909. The van der Waals surface area contributed by atoms with E-state index in [0.717, 1.165) is 5.56 Å². The average molecular weight is 301 g/mol. The van der Waals surface area contributed by atoms with Gasteiger partial charge >= 0.3 is 0 Å². The number of benzene rings is 2. The third-order valence-electron chi connectivity index (χ3n) is 3.11. The van der Waals surface area contributed by atoms with Crippen LogP contribution in [0.4, 0.5) is 0 Å². The summed E-state index contributed by atoms with van der Waals surface area (Å²) in [5.41, 5.74) is 1.15. The predicted molar refractivity (Wildman–Crippen MR) is 83.7 cm³/mol. The second-order valence-electron chi connectivity index (χ2n) is 4.78. The van der Waals surface area contributed by atoms with Crippen LogP contribution in [0, 0.1) is 6.92 Å². The molecule has 2 aromatic carbocycles. The Kier molecular flexibility index (Phi) is 5.25. The van der Waals surface area contributed by atoms with Crippen LogP contribution in [0.3, 0.4) is 0 Å². The number of carbonyl (C=O) groups is 1. The minimum absolute atomic E-state index is 0.0249. The molecule has 0 aliphatic heterocycles. The zero-order chi connectivity index (χ0) is 15.9. The molecule has 5 heteroatoms. The van der Waals surface area contributed by atoms with E-state index in [9.17, 15) is 9.90 Å². The molecule has 0 saturated carbocycles. The van der Waals surface area contributed by atoms with Crippen molar-refractivity contribution in [3.05, 3.63) is 53.6 Å². The van der Waals surface area contributed by atoms with Gasteiger partial charge in [-0.25, -0.2) is 0 Å². The maximum absolute atomic E-state index is 12.0. The summed E-state index contributed by atoms with van der Waals surface area (Å²) >= 11 is 0. The first-order chi connectivity index (χ1) is 10.6. The summed E-state index contributed by atoms with van der Waals surface area (Å²) in [6.07, 6.45) is 0. The SMILES string of the molecule is COc1ccccc1OCCNC(=O)c1ccc(C)cc1O. The van der Waals surface area contributed by atoms with E-state index in [-0.39, 0.29) is 17.2 Å². The highest BCUT2D eigenvalue weighted by Gasteiger charge is 2.10. The molecule has 0 heterocycles. The number of carbonyl (C=O) groups excluding carboxylic acids is 1. The number of methoxy groups -OCH3 is 1. The van der Waals surface area contributed by atoms with E-state index in [1.54, 1.807) is 37.4 Å². The Bertz CT molecular complexity index is 655. The standard InChI is InChI=1S/C17H19NO4/c1-12-7-8-13(14(19)11-12)17(20)18-9-10-22-16-6-4-3-5-15(16)21-2/h3-8,11,19H,9-10H2,1-2H3,(H,18,20). The fourth-order valence-electron chi connectivity index (χ4n) is 1.99. The second kappa shape index (κ2) is 7.36. The minimum atomic E-state index is -0.332. The van der Waals surface area contributed by atoms with Crippen molar-refractivity contribution < 1.29 is 19.4 Å². The molecule has 116 valence electrons. The summed E-state index contributed by atoms with van der Waals surface area (Å²) in [5, 5.41) is 12.5. The summed E-state index contributed by atoms with van der Waals surface area (Å²) in [6.45, 7) is 2.48. The fraction of sp³-hybridized carbons (Fsp3) is 0.235. The molecule has 2 N–H and O–H groups in total. The van der Waals surface area contributed by atoms with Crippen LogP contribution in [0.25, 0.3) is 0 Å². The number of amides is 1. The van der Waals surface area contributed by atoms with E-state index in [2.05, 4.69) is 5.32 Å². The number of phenolic OH excluding ortho intramolecular Hbond substituents is 1. The van der Waals surface area contributed by atoms with Crippen molar-refractivity contribution in [1.29, 1.82) is 0 Å². The van der Waals surface area contributed by atoms with Crippen LogP contribution < -0.4 is 14.8 Å². The third-order valence-corrected chi connectivity index (χ3v) is 3.11. The van der Waals surface area contributed by atoms with Crippen LogP contribution in [0.2, 0.25) is 0 Å². The summed E-state index contributed by atoms with van der Waals surface area (Å²) < 4.78 is 10.7. The van der Waals surface area contributed by atoms with E-state index >= 15 is 0 Å². The molecule has 0 bridgehead atoms. The Morgan fingerprint density at radius 2 is 1.91 bits per heavy atom. The summed E-state index contributed by atoms with van der Waals surface area (Å²) in [4.78, 5) is 12.0. The lowest BCUT2D eigenvalue weighted by Gasteiger charge is -2.11. The highest BCUT2D eigenvalue weighted by molar-refractivity contribution is 5.96. The van der Waals surface area contributed by atoms with Crippen LogP contribution in [-0.4, -0.2) is 31.3 Å². The number of nitrogens with one attached hydrogen (secondary N) is 1. The van der Waals surface area contributed by atoms with Gasteiger partial charge in [0.2, 0.25) is 0 Å². The molecule has 22 heavy (non-hydrogen) atoms. The van der Waals surface area contributed by atoms with Crippen LogP contribution in [-0.2, 0) is 0 Å². The van der Waals surface area contributed by atoms with E-state index in [1.165, 1.54) is 0 Å². The lowest BCUT2D eigenvalue weighted by Crippen LogP contribution is -2.28. The summed E-state index contributed by atoms with van der Waals surface area (Å²) in [6, 6.07) is 12.2. The molecule has 0 aliphatic rings. The number of phenols is 1. The average Bonchev–Trinajstić information content (AvgIpc) is 2.51. The van der Waals surface area contributed by atoms with E-state index < -0.39 is 0 Å². The lowest BCUT2D eigenvalue weighted by molar-refractivity contribution is 0.0944. The highest BCUT2D eigenvalue weighted by atomic mass is 16.5. The van der Waals surface area contributed by atoms with E-state index in [4.69, 9.17) is 9.47 Å². The molecule has 0 aromatic heterocycles. The van der Waals surface area contributed by atoms with Crippen LogP contribution in [0.15, 0.2) is 42.5 Å². The molecule has 0 fully saturated rings. The summed E-state index contributed by atoms with van der Waals surface area (Å²) in [7, 11) is 1.57. The van der Waals surface area contributed by atoms with Gasteiger partial charge in [0.25, 0.3) is 5.91 Å². The molecular formula is C17H19NO4. The van der Waals surface area contributed by atoms with Gasteiger partial charge in [-0.15, -0.1) is 0 Å². The van der Waals surface area contributed by atoms with Gasteiger partial charge in [-0.2, -0.15) is 0 Å². The lowest BCUT2D eigenvalue weighted by atomic mass is 10.1. The Morgan fingerprint density at radius 3 is 2.59 bits per heavy atom. The quantitative estimate of drug-likeness (QED) is 0.805.